The molecule has 8 heteroatoms. The van der Waals surface area contributed by atoms with Crippen molar-refractivity contribution in [2.24, 2.45) is 0 Å². The van der Waals surface area contributed by atoms with Gasteiger partial charge in [0.25, 0.3) is 5.69 Å². The second-order valence-electron chi connectivity index (χ2n) is 5.40. The highest BCUT2D eigenvalue weighted by atomic mass is 19.1. The number of hydrogen-bond acceptors (Lipinski definition) is 4. The lowest BCUT2D eigenvalue weighted by Gasteiger charge is -2.23. The maximum Gasteiger partial charge on any atom is 0.295 e. The SMILES string of the molecule is CCCC(=O)N1CCCC1C(=O)Nc1ccc(F)cc1[N+](=O)[O-]. The van der Waals surface area contributed by atoms with Crippen LogP contribution >= 0.6 is 0 Å². The first-order valence-corrected chi connectivity index (χ1v) is 7.48. The van der Waals surface area contributed by atoms with Crippen LogP contribution in [0.15, 0.2) is 18.2 Å². The number of nitro groups is 1. The van der Waals surface area contributed by atoms with Gasteiger partial charge in [-0.15, -0.1) is 0 Å². The normalized spacial score (nSPS) is 17.1. The molecule has 0 saturated carbocycles. The second-order valence-corrected chi connectivity index (χ2v) is 5.40. The average molecular weight is 323 g/mol. The number of rotatable bonds is 5. The van der Waals surface area contributed by atoms with Gasteiger partial charge in [-0.1, -0.05) is 6.92 Å². The third-order valence-electron chi connectivity index (χ3n) is 3.75. The maximum atomic E-state index is 13.1. The van der Waals surface area contributed by atoms with Crippen LogP contribution in [0.2, 0.25) is 0 Å². The van der Waals surface area contributed by atoms with E-state index in [1.807, 2.05) is 6.92 Å². The molecule has 1 heterocycles. The van der Waals surface area contributed by atoms with E-state index in [9.17, 15) is 24.1 Å². The first-order valence-electron chi connectivity index (χ1n) is 7.48. The van der Waals surface area contributed by atoms with Crippen molar-refractivity contribution in [3.05, 3.63) is 34.1 Å². The maximum absolute atomic E-state index is 13.1. The van der Waals surface area contributed by atoms with Crippen molar-refractivity contribution in [3.8, 4) is 0 Å². The Morgan fingerprint density at radius 1 is 1.48 bits per heavy atom. The van der Waals surface area contributed by atoms with E-state index in [0.29, 0.717) is 32.2 Å². The lowest BCUT2D eigenvalue weighted by atomic mass is 10.1. The third kappa shape index (κ3) is 3.82. The summed E-state index contributed by atoms with van der Waals surface area (Å²) in [5.74, 6) is -1.34. The Hall–Kier alpha value is -2.51. The zero-order valence-corrected chi connectivity index (χ0v) is 12.8. The molecular weight excluding hydrogens is 305 g/mol. The van der Waals surface area contributed by atoms with E-state index in [2.05, 4.69) is 5.32 Å². The van der Waals surface area contributed by atoms with Crippen molar-refractivity contribution in [2.45, 2.75) is 38.6 Å². The summed E-state index contributed by atoms with van der Waals surface area (Å²) in [7, 11) is 0. The fourth-order valence-corrected chi connectivity index (χ4v) is 2.67. The summed E-state index contributed by atoms with van der Waals surface area (Å²) in [5, 5.41) is 13.4. The van der Waals surface area contributed by atoms with Crippen LogP contribution in [0.25, 0.3) is 0 Å². The van der Waals surface area contributed by atoms with Gasteiger partial charge in [-0.05, 0) is 31.4 Å². The predicted octanol–water partition coefficient (Wildman–Crippen LogP) is 2.46. The highest BCUT2D eigenvalue weighted by Gasteiger charge is 2.34. The quantitative estimate of drug-likeness (QED) is 0.665. The van der Waals surface area contributed by atoms with Gasteiger partial charge in [-0.3, -0.25) is 19.7 Å². The topological polar surface area (TPSA) is 92.6 Å². The molecule has 1 fully saturated rings. The number of likely N-dealkylation sites (tertiary alicyclic amines) is 1. The zero-order valence-electron chi connectivity index (χ0n) is 12.8. The Balaban J connectivity index is 2.15. The zero-order chi connectivity index (χ0) is 17.0. The summed E-state index contributed by atoms with van der Waals surface area (Å²) < 4.78 is 13.1. The molecule has 1 unspecified atom stereocenters. The monoisotopic (exact) mass is 323 g/mol. The van der Waals surface area contributed by atoms with Crippen LogP contribution in [-0.4, -0.2) is 34.2 Å². The number of halogens is 1. The number of nitro benzene ring substituents is 1. The molecular formula is C15H18FN3O4. The van der Waals surface area contributed by atoms with E-state index in [0.717, 1.165) is 18.2 Å². The highest BCUT2D eigenvalue weighted by molar-refractivity contribution is 5.99. The van der Waals surface area contributed by atoms with E-state index in [1.165, 1.54) is 4.90 Å². The number of nitrogens with one attached hydrogen (secondary N) is 1. The summed E-state index contributed by atoms with van der Waals surface area (Å²) in [6.07, 6.45) is 2.27. The van der Waals surface area contributed by atoms with Gasteiger partial charge in [-0.2, -0.15) is 0 Å². The van der Waals surface area contributed by atoms with Crippen molar-refractivity contribution in [1.82, 2.24) is 4.90 Å². The molecule has 23 heavy (non-hydrogen) atoms. The van der Waals surface area contributed by atoms with E-state index in [1.54, 1.807) is 0 Å². The lowest BCUT2D eigenvalue weighted by molar-refractivity contribution is -0.384. The van der Waals surface area contributed by atoms with Crippen molar-refractivity contribution >= 4 is 23.2 Å². The van der Waals surface area contributed by atoms with E-state index in [-0.39, 0.29) is 11.6 Å². The molecule has 2 amide bonds. The van der Waals surface area contributed by atoms with Gasteiger partial charge >= 0.3 is 0 Å². The van der Waals surface area contributed by atoms with Gasteiger partial charge in [0.15, 0.2) is 0 Å². The largest absolute Gasteiger partial charge is 0.331 e. The Kier molecular flexibility index (Phi) is 5.25. The first kappa shape index (κ1) is 16.9. The molecule has 1 aliphatic heterocycles. The Morgan fingerprint density at radius 3 is 2.87 bits per heavy atom. The van der Waals surface area contributed by atoms with Crippen molar-refractivity contribution < 1.29 is 18.9 Å². The van der Waals surface area contributed by atoms with Gasteiger partial charge in [0.1, 0.15) is 17.5 Å². The minimum Gasteiger partial charge on any atom is -0.331 e. The summed E-state index contributed by atoms with van der Waals surface area (Å²) in [5.41, 5.74) is -0.584. The first-order chi connectivity index (χ1) is 10.9. The second kappa shape index (κ2) is 7.17. The minimum absolute atomic E-state index is 0.0730. The number of carbonyl (C=O) groups excluding carboxylic acids is 2. The summed E-state index contributed by atoms with van der Waals surface area (Å²) in [4.78, 5) is 36.1. The minimum atomic E-state index is -0.757. The molecule has 7 nitrogen and oxygen atoms in total. The number of anilines is 1. The van der Waals surface area contributed by atoms with Crippen LogP contribution < -0.4 is 5.32 Å². The van der Waals surface area contributed by atoms with E-state index in [4.69, 9.17) is 0 Å². The molecule has 0 radical (unpaired) electrons. The lowest BCUT2D eigenvalue weighted by Crippen LogP contribution is -2.43. The summed E-state index contributed by atoms with van der Waals surface area (Å²) in [6.45, 7) is 2.38. The molecule has 0 spiro atoms. The van der Waals surface area contributed by atoms with Crippen LogP contribution in [0.3, 0.4) is 0 Å². The fourth-order valence-electron chi connectivity index (χ4n) is 2.67. The molecule has 1 saturated heterocycles. The number of amides is 2. The van der Waals surface area contributed by atoms with Crippen LogP contribution in [0.1, 0.15) is 32.6 Å². The molecule has 0 aliphatic carbocycles. The van der Waals surface area contributed by atoms with Crippen LogP contribution in [0.4, 0.5) is 15.8 Å². The number of hydrogen-bond donors (Lipinski definition) is 1. The molecule has 124 valence electrons. The molecule has 1 aromatic rings. The van der Waals surface area contributed by atoms with Crippen LogP contribution in [0, 0.1) is 15.9 Å². The van der Waals surface area contributed by atoms with Crippen LogP contribution in [-0.2, 0) is 9.59 Å². The number of benzene rings is 1. The van der Waals surface area contributed by atoms with Crippen molar-refractivity contribution in [1.29, 1.82) is 0 Å². The third-order valence-corrected chi connectivity index (χ3v) is 3.75. The molecule has 1 aromatic carbocycles. The molecule has 1 atom stereocenters. The molecule has 2 rings (SSSR count). The molecule has 0 aromatic heterocycles. The van der Waals surface area contributed by atoms with Crippen molar-refractivity contribution in [2.75, 3.05) is 11.9 Å². The summed E-state index contributed by atoms with van der Waals surface area (Å²) in [6, 6.07) is 2.30. The fraction of sp³-hybridized carbons (Fsp3) is 0.467. The standard InChI is InChI=1S/C15H18FN3O4/c1-2-4-14(20)18-8-3-5-12(18)15(21)17-11-7-6-10(16)9-13(11)19(22)23/h6-7,9,12H,2-5,8H2,1H3,(H,17,21). The number of nitrogens with zero attached hydrogens (tertiary/aromatic N) is 2. The molecule has 1 aliphatic rings. The van der Waals surface area contributed by atoms with Gasteiger partial charge in [0.2, 0.25) is 11.8 Å². The smallest absolute Gasteiger partial charge is 0.295 e. The molecule has 1 N–H and O–H groups in total. The van der Waals surface area contributed by atoms with Gasteiger partial charge in [0, 0.05) is 13.0 Å². The number of carbonyl (C=O) groups is 2. The van der Waals surface area contributed by atoms with Crippen molar-refractivity contribution in [3.63, 3.8) is 0 Å². The average Bonchev–Trinajstić information content (AvgIpc) is 2.98. The Labute approximate surface area is 132 Å². The molecule has 0 bridgehead atoms. The van der Waals surface area contributed by atoms with Gasteiger partial charge < -0.3 is 10.2 Å². The van der Waals surface area contributed by atoms with E-state index >= 15 is 0 Å². The Bertz CT molecular complexity index is 635. The van der Waals surface area contributed by atoms with Gasteiger partial charge in [-0.25, -0.2) is 4.39 Å². The summed E-state index contributed by atoms with van der Waals surface area (Å²) >= 11 is 0. The predicted molar refractivity (Wildman–Crippen MR) is 81.3 cm³/mol. The van der Waals surface area contributed by atoms with Gasteiger partial charge in [0.05, 0.1) is 11.0 Å². The Morgan fingerprint density at radius 2 is 2.22 bits per heavy atom. The van der Waals surface area contributed by atoms with Crippen LogP contribution in [0.5, 0.6) is 0 Å². The highest BCUT2D eigenvalue weighted by Crippen LogP contribution is 2.27. The van der Waals surface area contributed by atoms with E-state index < -0.39 is 28.4 Å².